The predicted octanol–water partition coefficient (Wildman–Crippen LogP) is 0.0769. The maximum atomic E-state index is 12.0. The molecule has 2 fully saturated rings. The van der Waals surface area contributed by atoms with Crippen LogP contribution < -0.4 is 10.2 Å². The van der Waals surface area contributed by atoms with E-state index < -0.39 is 0 Å². The van der Waals surface area contributed by atoms with E-state index in [9.17, 15) is 4.79 Å². The molecule has 0 radical (unpaired) electrons. The fourth-order valence-electron chi connectivity index (χ4n) is 2.17. The molecule has 0 aliphatic carbocycles. The SMILES string of the molecule is Cc1nnc(N2CC(NC(=O)N3CCOCC3)C2)s1. The molecule has 2 aliphatic rings. The molecule has 0 saturated carbocycles. The summed E-state index contributed by atoms with van der Waals surface area (Å²) in [4.78, 5) is 15.9. The third kappa shape index (κ3) is 2.79. The van der Waals surface area contributed by atoms with Crippen molar-refractivity contribution >= 4 is 22.5 Å². The lowest BCUT2D eigenvalue weighted by Gasteiger charge is -2.40. The zero-order valence-electron chi connectivity index (χ0n) is 10.8. The summed E-state index contributed by atoms with van der Waals surface area (Å²) in [6, 6.07) is 0.223. The summed E-state index contributed by atoms with van der Waals surface area (Å²) < 4.78 is 5.23. The average Bonchev–Trinajstić information content (AvgIpc) is 2.80. The Hall–Kier alpha value is -1.41. The van der Waals surface area contributed by atoms with Crippen molar-refractivity contribution in [2.45, 2.75) is 13.0 Å². The molecule has 3 heterocycles. The van der Waals surface area contributed by atoms with Crippen LogP contribution in [0.4, 0.5) is 9.93 Å². The highest BCUT2D eigenvalue weighted by Gasteiger charge is 2.31. The highest BCUT2D eigenvalue weighted by atomic mass is 32.1. The highest BCUT2D eigenvalue weighted by molar-refractivity contribution is 7.15. The number of hydrogen-bond donors (Lipinski definition) is 1. The summed E-state index contributed by atoms with van der Waals surface area (Å²) in [7, 11) is 0. The molecule has 8 heteroatoms. The Bertz CT molecular complexity index is 454. The molecule has 0 unspecified atom stereocenters. The second-order valence-electron chi connectivity index (χ2n) is 4.75. The van der Waals surface area contributed by atoms with Crippen molar-refractivity contribution in [1.82, 2.24) is 20.4 Å². The van der Waals surface area contributed by atoms with Crippen molar-refractivity contribution in [1.29, 1.82) is 0 Å². The number of nitrogens with one attached hydrogen (secondary N) is 1. The molecule has 2 amide bonds. The molecule has 2 aliphatic heterocycles. The molecular weight excluding hydrogens is 266 g/mol. The van der Waals surface area contributed by atoms with Crippen molar-refractivity contribution < 1.29 is 9.53 Å². The largest absolute Gasteiger partial charge is 0.378 e. The van der Waals surface area contributed by atoms with Gasteiger partial charge in [-0.15, -0.1) is 10.2 Å². The Balaban J connectivity index is 1.44. The molecular formula is C11H17N5O2S. The fraction of sp³-hybridized carbons (Fsp3) is 0.727. The molecule has 0 atom stereocenters. The first-order valence-electron chi connectivity index (χ1n) is 6.40. The van der Waals surface area contributed by atoms with Crippen LogP contribution >= 0.6 is 11.3 Å². The maximum absolute atomic E-state index is 12.0. The second kappa shape index (κ2) is 5.30. The molecule has 0 aromatic carbocycles. The van der Waals surface area contributed by atoms with Crippen LogP contribution in [0.15, 0.2) is 0 Å². The minimum absolute atomic E-state index is 0.0152. The molecule has 0 spiro atoms. The van der Waals surface area contributed by atoms with Crippen LogP contribution in [0.25, 0.3) is 0 Å². The van der Waals surface area contributed by atoms with Gasteiger partial charge in [-0.05, 0) is 6.92 Å². The minimum atomic E-state index is 0.0152. The van der Waals surface area contributed by atoms with Crippen LogP contribution in [0.3, 0.4) is 0 Å². The summed E-state index contributed by atoms with van der Waals surface area (Å²) in [6.45, 7) is 6.19. The van der Waals surface area contributed by atoms with Gasteiger partial charge in [-0.2, -0.15) is 0 Å². The third-order valence-corrected chi connectivity index (χ3v) is 4.19. The number of urea groups is 1. The normalized spacial score (nSPS) is 20.3. The lowest BCUT2D eigenvalue weighted by molar-refractivity contribution is 0.0522. The van der Waals surface area contributed by atoms with E-state index in [0.29, 0.717) is 26.3 Å². The Morgan fingerprint density at radius 2 is 2.11 bits per heavy atom. The van der Waals surface area contributed by atoms with E-state index in [0.717, 1.165) is 23.2 Å². The zero-order chi connectivity index (χ0) is 13.2. The van der Waals surface area contributed by atoms with E-state index >= 15 is 0 Å². The maximum Gasteiger partial charge on any atom is 0.317 e. The molecule has 3 rings (SSSR count). The van der Waals surface area contributed by atoms with Crippen LogP contribution in [-0.2, 0) is 4.74 Å². The highest BCUT2D eigenvalue weighted by Crippen LogP contribution is 2.24. The summed E-state index contributed by atoms with van der Waals surface area (Å²) in [5.41, 5.74) is 0. The first-order valence-corrected chi connectivity index (χ1v) is 7.22. The predicted molar refractivity (Wildman–Crippen MR) is 71.6 cm³/mol. The second-order valence-corrected chi connectivity index (χ2v) is 5.91. The lowest BCUT2D eigenvalue weighted by atomic mass is 10.1. The van der Waals surface area contributed by atoms with E-state index in [4.69, 9.17) is 4.74 Å². The topological polar surface area (TPSA) is 70.6 Å². The number of aromatic nitrogens is 2. The van der Waals surface area contributed by atoms with Gasteiger partial charge in [-0.1, -0.05) is 11.3 Å². The number of hydrogen-bond acceptors (Lipinski definition) is 6. The van der Waals surface area contributed by atoms with Gasteiger partial charge in [0.2, 0.25) is 5.13 Å². The summed E-state index contributed by atoms with van der Waals surface area (Å²) in [5, 5.41) is 13.0. The average molecular weight is 283 g/mol. The van der Waals surface area contributed by atoms with Crippen molar-refractivity contribution in [2.24, 2.45) is 0 Å². The van der Waals surface area contributed by atoms with Gasteiger partial charge in [0.05, 0.1) is 19.3 Å². The fourth-order valence-corrected chi connectivity index (χ4v) is 2.88. The monoisotopic (exact) mass is 283 g/mol. The van der Waals surface area contributed by atoms with Crippen LogP contribution in [0.5, 0.6) is 0 Å². The summed E-state index contributed by atoms with van der Waals surface area (Å²) >= 11 is 1.58. The molecule has 1 aromatic rings. The number of carbonyl (C=O) groups is 1. The molecule has 1 aromatic heterocycles. The Kier molecular flexibility index (Phi) is 3.52. The number of anilines is 1. The van der Waals surface area contributed by atoms with Gasteiger partial charge < -0.3 is 19.9 Å². The van der Waals surface area contributed by atoms with Gasteiger partial charge in [-0.3, -0.25) is 0 Å². The van der Waals surface area contributed by atoms with Crippen molar-refractivity contribution in [3.8, 4) is 0 Å². The zero-order valence-corrected chi connectivity index (χ0v) is 11.7. The van der Waals surface area contributed by atoms with E-state index in [1.165, 1.54) is 0 Å². The number of rotatable bonds is 2. The summed E-state index contributed by atoms with van der Waals surface area (Å²) in [6.07, 6.45) is 0. The quantitative estimate of drug-likeness (QED) is 0.832. The van der Waals surface area contributed by atoms with Gasteiger partial charge in [0.1, 0.15) is 5.01 Å². The van der Waals surface area contributed by atoms with Crippen LogP contribution in [0.2, 0.25) is 0 Å². The first-order chi connectivity index (χ1) is 9.22. The molecule has 1 N–H and O–H groups in total. The van der Waals surface area contributed by atoms with Crippen molar-refractivity contribution in [2.75, 3.05) is 44.3 Å². The van der Waals surface area contributed by atoms with Gasteiger partial charge in [0.15, 0.2) is 0 Å². The van der Waals surface area contributed by atoms with Crippen LogP contribution in [-0.4, -0.2) is 66.6 Å². The number of nitrogens with zero attached hydrogens (tertiary/aromatic N) is 4. The van der Waals surface area contributed by atoms with Gasteiger partial charge >= 0.3 is 6.03 Å². The Labute approximate surface area is 115 Å². The van der Waals surface area contributed by atoms with Crippen molar-refractivity contribution in [3.05, 3.63) is 5.01 Å². The number of ether oxygens (including phenoxy) is 1. The summed E-state index contributed by atoms with van der Waals surface area (Å²) in [5.74, 6) is 0. The van der Waals surface area contributed by atoms with E-state index in [2.05, 4.69) is 20.4 Å². The third-order valence-electron chi connectivity index (χ3n) is 3.29. The van der Waals surface area contributed by atoms with Crippen molar-refractivity contribution in [3.63, 3.8) is 0 Å². The van der Waals surface area contributed by atoms with Crippen LogP contribution in [0, 0.1) is 6.92 Å². The molecule has 2 saturated heterocycles. The lowest BCUT2D eigenvalue weighted by Crippen LogP contribution is -2.62. The molecule has 0 bridgehead atoms. The standard InChI is InChI=1S/C11H17N5O2S/c1-8-13-14-11(19-8)16-6-9(7-16)12-10(17)15-2-4-18-5-3-15/h9H,2-7H2,1H3,(H,12,17). The van der Waals surface area contributed by atoms with E-state index in [-0.39, 0.29) is 12.1 Å². The smallest absolute Gasteiger partial charge is 0.317 e. The number of morpholine rings is 1. The number of amides is 2. The molecule has 7 nitrogen and oxygen atoms in total. The van der Waals surface area contributed by atoms with E-state index in [1.807, 2.05) is 6.92 Å². The number of aryl methyl sites for hydroxylation is 1. The van der Waals surface area contributed by atoms with E-state index in [1.54, 1.807) is 16.2 Å². The Morgan fingerprint density at radius 3 is 2.74 bits per heavy atom. The molecule has 104 valence electrons. The minimum Gasteiger partial charge on any atom is -0.378 e. The number of carbonyl (C=O) groups excluding carboxylic acids is 1. The van der Waals surface area contributed by atoms with Crippen LogP contribution in [0.1, 0.15) is 5.01 Å². The van der Waals surface area contributed by atoms with Gasteiger partial charge in [0.25, 0.3) is 0 Å². The molecule has 19 heavy (non-hydrogen) atoms. The Morgan fingerprint density at radius 1 is 1.37 bits per heavy atom. The van der Waals surface area contributed by atoms with Gasteiger partial charge in [0, 0.05) is 26.2 Å². The first kappa shape index (κ1) is 12.6. The van der Waals surface area contributed by atoms with Gasteiger partial charge in [-0.25, -0.2) is 4.79 Å².